The third-order valence-electron chi connectivity index (χ3n) is 1.99. The normalized spacial score (nSPS) is 21.1. The number of rotatable bonds is 1. The smallest absolute Gasteiger partial charge is 0.233 e. The summed E-state index contributed by atoms with van der Waals surface area (Å²) in [5.41, 5.74) is 1.11. The van der Waals surface area contributed by atoms with Crippen molar-refractivity contribution in [2.24, 2.45) is 0 Å². The van der Waals surface area contributed by atoms with Crippen LogP contribution in [0.5, 0.6) is 0 Å². The first-order chi connectivity index (χ1) is 5.74. The van der Waals surface area contributed by atoms with Crippen LogP contribution in [-0.2, 0) is 0 Å². The highest BCUT2D eigenvalue weighted by Gasteiger charge is 2.29. The van der Waals surface area contributed by atoms with Crippen molar-refractivity contribution in [1.29, 1.82) is 0 Å². The summed E-state index contributed by atoms with van der Waals surface area (Å²) in [6.07, 6.45) is 0.953. The minimum absolute atomic E-state index is 0.0999. The number of alkyl halides is 1. The molecule has 0 saturated heterocycles. The Morgan fingerprint density at radius 2 is 2.33 bits per heavy atom. The first-order valence-corrected chi connectivity index (χ1v) is 4.02. The molecule has 0 radical (unpaired) electrons. The lowest BCUT2D eigenvalue weighted by molar-refractivity contribution is 0.0912. The maximum atomic E-state index is 11.2. The summed E-state index contributed by atoms with van der Waals surface area (Å²) in [5.74, 6) is -0.0999. The van der Waals surface area contributed by atoms with E-state index in [1.165, 1.54) is 4.57 Å². The van der Waals surface area contributed by atoms with E-state index in [0.717, 1.165) is 5.69 Å². The molecule has 0 fully saturated rings. The van der Waals surface area contributed by atoms with Crippen LogP contribution in [0.1, 0.15) is 32.8 Å². The van der Waals surface area contributed by atoms with Crippen LogP contribution in [0.25, 0.3) is 0 Å². The van der Waals surface area contributed by atoms with Crippen molar-refractivity contribution < 1.29 is 9.59 Å². The van der Waals surface area contributed by atoms with Gasteiger partial charge in [-0.25, -0.2) is 0 Å². The summed E-state index contributed by atoms with van der Waals surface area (Å²) in [5, 5.41) is -0.272. The van der Waals surface area contributed by atoms with E-state index in [1.807, 2.05) is 0 Å². The Morgan fingerprint density at radius 3 is 3.00 bits per heavy atom. The summed E-state index contributed by atoms with van der Waals surface area (Å²) in [7, 11) is 0. The SMILES string of the molecule is O=Cc1ccc2n1C(=O)CC2Cl. The molecule has 2 rings (SSSR count). The van der Waals surface area contributed by atoms with Crippen LogP contribution in [0, 0.1) is 0 Å². The van der Waals surface area contributed by atoms with Crippen LogP contribution < -0.4 is 0 Å². The highest BCUT2D eigenvalue weighted by molar-refractivity contribution is 6.23. The van der Waals surface area contributed by atoms with Crippen molar-refractivity contribution in [2.45, 2.75) is 11.8 Å². The second-order valence-electron chi connectivity index (χ2n) is 2.70. The summed E-state index contributed by atoms with van der Waals surface area (Å²) in [6, 6.07) is 3.32. The van der Waals surface area contributed by atoms with Gasteiger partial charge in [-0.15, -0.1) is 11.6 Å². The van der Waals surface area contributed by atoms with Crippen molar-refractivity contribution in [3.8, 4) is 0 Å². The molecule has 2 heterocycles. The van der Waals surface area contributed by atoms with E-state index in [4.69, 9.17) is 11.6 Å². The van der Waals surface area contributed by atoms with Crippen molar-refractivity contribution in [1.82, 2.24) is 4.57 Å². The Balaban J connectivity index is 2.62. The van der Waals surface area contributed by atoms with E-state index in [-0.39, 0.29) is 11.3 Å². The molecule has 1 aliphatic rings. The average molecular weight is 184 g/mol. The first-order valence-electron chi connectivity index (χ1n) is 3.58. The largest absolute Gasteiger partial charge is 0.296 e. The van der Waals surface area contributed by atoms with E-state index < -0.39 is 0 Å². The van der Waals surface area contributed by atoms with Gasteiger partial charge in [0.25, 0.3) is 0 Å². The fraction of sp³-hybridized carbons (Fsp3) is 0.250. The zero-order valence-corrected chi connectivity index (χ0v) is 6.91. The lowest BCUT2D eigenvalue weighted by atomic mass is 10.3. The van der Waals surface area contributed by atoms with Crippen molar-refractivity contribution in [2.75, 3.05) is 0 Å². The summed E-state index contributed by atoms with van der Waals surface area (Å²) in [6.45, 7) is 0. The average Bonchev–Trinajstić information content (AvgIpc) is 2.55. The number of aromatic nitrogens is 1. The monoisotopic (exact) mass is 183 g/mol. The van der Waals surface area contributed by atoms with Gasteiger partial charge in [0.05, 0.1) is 11.1 Å². The molecule has 1 aromatic rings. The van der Waals surface area contributed by atoms with Crippen LogP contribution in [0.2, 0.25) is 0 Å². The second-order valence-corrected chi connectivity index (χ2v) is 3.23. The minimum atomic E-state index is -0.272. The van der Waals surface area contributed by atoms with E-state index >= 15 is 0 Å². The molecule has 4 heteroatoms. The quantitative estimate of drug-likeness (QED) is 0.490. The number of halogens is 1. The Morgan fingerprint density at radius 1 is 1.58 bits per heavy atom. The summed E-state index contributed by atoms with van der Waals surface area (Å²) < 4.78 is 1.38. The lowest BCUT2D eigenvalue weighted by Gasteiger charge is -1.96. The molecule has 62 valence electrons. The number of carbonyl (C=O) groups excluding carboxylic acids is 2. The van der Waals surface area contributed by atoms with E-state index in [1.54, 1.807) is 12.1 Å². The summed E-state index contributed by atoms with van der Waals surface area (Å²) in [4.78, 5) is 21.7. The number of carbonyl (C=O) groups is 2. The van der Waals surface area contributed by atoms with Gasteiger partial charge in [-0.2, -0.15) is 0 Å². The maximum Gasteiger partial charge on any atom is 0.233 e. The third-order valence-corrected chi connectivity index (χ3v) is 2.36. The fourth-order valence-corrected chi connectivity index (χ4v) is 1.74. The van der Waals surface area contributed by atoms with Crippen molar-refractivity contribution in [3.05, 3.63) is 23.5 Å². The van der Waals surface area contributed by atoms with Crippen LogP contribution >= 0.6 is 11.6 Å². The van der Waals surface area contributed by atoms with Crippen LogP contribution in [-0.4, -0.2) is 16.8 Å². The van der Waals surface area contributed by atoms with Gasteiger partial charge in [-0.3, -0.25) is 14.2 Å². The maximum absolute atomic E-state index is 11.2. The van der Waals surface area contributed by atoms with Crippen molar-refractivity contribution >= 4 is 23.8 Å². The van der Waals surface area contributed by atoms with Gasteiger partial charge in [-0.05, 0) is 12.1 Å². The number of fused-ring (bicyclic) bond motifs is 1. The number of hydrogen-bond donors (Lipinski definition) is 0. The molecule has 0 spiro atoms. The van der Waals surface area contributed by atoms with Gasteiger partial charge in [-0.1, -0.05) is 0 Å². The Bertz CT molecular complexity index is 356. The first kappa shape index (κ1) is 7.55. The fourth-order valence-electron chi connectivity index (χ4n) is 1.44. The molecule has 0 amide bonds. The number of nitrogens with zero attached hydrogens (tertiary/aromatic N) is 1. The Hall–Kier alpha value is -1.09. The molecule has 3 nitrogen and oxygen atoms in total. The van der Waals surface area contributed by atoms with Gasteiger partial charge < -0.3 is 0 Å². The molecule has 0 bridgehead atoms. The van der Waals surface area contributed by atoms with Gasteiger partial charge in [0.15, 0.2) is 6.29 Å². The Kier molecular flexibility index (Phi) is 1.54. The number of hydrogen-bond acceptors (Lipinski definition) is 2. The zero-order valence-electron chi connectivity index (χ0n) is 6.16. The number of aldehydes is 1. The molecule has 0 aliphatic carbocycles. The van der Waals surface area contributed by atoms with E-state index in [0.29, 0.717) is 18.4 Å². The van der Waals surface area contributed by atoms with E-state index in [9.17, 15) is 9.59 Å². The molecule has 1 unspecified atom stereocenters. The molecule has 0 aromatic carbocycles. The van der Waals surface area contributed by atoms with E-state index in [2.05, 4.69) is 0 Å². The van der Waals surface area contributed by atoms with Gasteiger partial charge in [0.1, 0.15) is 0 Å². The zero-order chi connectivity index (χ0) is 8.72. The van der Waals surface area contributed by atoms with Crippen molar-refractivity contribution in [3.63, 3.8) is 0 Å². The predicted molar refractivity (Wildman–Crippen MR) is 43.7 cm³/mol. The van der Waals surface area contributed by atoms with Crippen LogP contribution in [0.3, 0.4) is 0 Å². The van der Waals surface area contributed by atoms with Gasteiger partial charge in [0.2, 0.25) is 5.91 Å². The standard InChI is InChI=1S/C8H6ClNO2/c9-6-3-8(12)10-5(4-11)1-2-7(6)10/h1-2,4,6H,3H2. The molecular formula is C8H6ClNO2. The van der Waals surface area contributed by atoms with Gasteiger partial charge >= 0.3 is 0 Å². The second kappa shape index (κ2) is 2.45. The summed E-state index contributed by atoms with van der Waals surface area (Å²) >= 11 is 5.85. The van der Waals surface area contributed by atoms with Crippen LogP contribution in [0.4, 0.5) is 0 Å². The Labute approximate surface area is 73.9 Å². The molecule has 1 aliphatic heterocycles. The third kappa shape index (κ3) is 0.830. The van der Waals surface area contributed by atoms with Gasteiger partial charge in [0, 0.05) is 12.1 Å². The molecule has 1 atom stereocenters. The molecule has 0 N–H and O–H groups in total. The topological polar surface area (TPSA) is 39.1 Å². The minimum Gasteiger partial charge on any atom is -0.296 e. The highest BCUT2D eigenvalue weighted by Crippen LogP contribution is 2.32. The molecule has 1 aromatic heterocycles. The highest BCUT2D eigenvalue weighted by atomic mass is 35.5. The lowest BCUT2D eigenvalue weighted by Crippen LogP contribution is -2.07. The predicted octanol–water partition coefficient (Wildman–Crippen LogP) is 1.62. The molecule has 0 saturated carbocycles. The molecular weight excluding hydrogens is 178 g/mol. The molecule has 12 heavy (non-hydrogen) atoms. The van der Waals surface area contributed by atoms with Crippen LogP contribution in [0.15, 0.2) is 12.1 Å².